The summed E-state index contributed by atoms with van der Waals surface area (Å²) < 4.78 is 6.48. The molecule has 1 aliphatic rings. The minimum absolute atomic E-state index is 0.0240. The average molecular weight is 458 g/mol. The number of nitrogens with one attached hydrogen (secondary N) is 1. The summed E-state index contributed by atoms with van der Waals surface area (Å²) in [6.45, 7) is 6.96. The van der Waals surface area contributed by atoms with Gasteiger partial charge in [-0.1, -0.05) is 12.1 Å². The lowest BCUT2D eigenvalue weighted by molar-refractivity contribution is -0.134. The van der Waals surface area contributed by atoms with Crippen LogP contribution >= 0.6 is 22.6 Å². The van der Waals surface area contributed by atoms with Crippen LogP contribution in [0.15, 0.2) is 24.3 Å². The number of benzene rings is 1. The third-order valence-corrected chi connectivity index (χ3v) is 4.73. The Morgan fingerprint density at radius 2 is 1.76 bits per heavy atom. The molecule has 2 amide bonds. The molecule has 6 heteroatoms. The maximum atomic E-state index is 12.9. The van der Waals surface area contributed by atoms with E-state index in [2.05, 4.69) is 27.9 Å². The molecule has 25 heavy (non-hydrogen) atoms. The highest BCUT2D eigenvalue weighted by Gasteiger charge is 2.29. The van der Waals surface area contributed by atoms with Crippen LogP contribution < -0.4 is 5.32 Å². The molecular weight excluding hydrogens is 431 g/mol. The number of alkyl carbamates (subject to hydrolysis) is 1. The molecule has 0 saturated carbocycles. The van der Waals surface area contributed by atoms with Gasteiger partial charge in [-0.2, -0.15) is 0 Å². The minimum atomic E-state index is -0.604. The van der Waals surface area contributed by atoms with Crippen LogP contribution in [0.3, 0.4) is 0 Å². The van der Waals surface area contributed by atoms with E-state index in [1.165, 1.54) is 0 Å². The van der Waals surface area contributed by atoms with E-state index in [1.54, 1.807) is 0 Å². The van der Waals surface area contributed by atoms with Gasteiger partial charge in [-0.25, -0.2) is 4.79 Å². The minimum Gasteiger partial charge on any atom is -0.444 e. The van der Waals surface area contributed by atoms with Crippen molar-refractivity contribution in [2.75, 3.05) is 13.1 Å². The molecule has 138 valence electrons. The van der Waals surface area contributed by atoms with E-state index < -0.39 is 17.7 Å². The van der Waals surface area contributed by atoms with Crippen LogP contribution in [0.5, 0.6) is 0 Å². The van der Waals surface area contributed by atoms with Gasteiger partial charge in [-0.05, 0) is 80.3 Å². The van der Waals surface area contributed by atoms with Crippen molar-refractivity contribution in [1.29, 1.82) is 0 Å². The first-order chi connectivity index (χ1) is 11.7. The fourth-order valence-corrected chi connectivity index (χ4v) is 3.20. The van der Waals surface area contributed by atoms with Gasteiger partial charge in [-0.3, -0.25) is 4.79 Å². The number of carbonyl (C=O) groups excluding carboxylic acids is 2. The molecule has 1 heterocycles. The summed E-state index contributed by atoms with van der Waals surface area (Å²) in [4.78, 5) is 27.0. The van der Waals surface area contributed by atoms with Gasteiger partial charge in [0.25, 0.3) is 0 Å². The summed E-state index contributed by atoms with van der Waals surface area (Å²) in [5.41, 5.74) is 0.429. The van der Waals surface area contributed by atoms with Crippen LogP contribution in [0.4, 0.5) is 4.79 Å². The first-order valence-electron chi connectivity index (χ1n) is 8.77. The number of amides is 2. The summed E-state index contributed by atoms with van der Waals surface area (Å²) in [6, 6.07) is 7.40. The quantitative estimate of drug-likeness (QED) is 0.700. The Morgan fingerprint density at radius 1 is 1.16 bits per heavy atom. The molecule has 0 aliphatic carbocycles. The smallest absolute Gasteiger partial charge is 0.408 e. The molecular formula is C19H27IN2O3. The molecule has 1 aromatic rings. The van der Waals surface area contributed by atoms with Crippen LogP contribution in [0, 0.1) is 3.57 Å². The monoisotopic (exact) mass is 458 g/mol. The third-order valence-electron chi connectivity index (χ3n) is 4.01. The molecule has 1 aromatic carbocycles. The second kappa shape index (κ2) is 8.87. The predicted octanol–water partition coefficient (Wildman–Crippen LogP) is 3.74. The number of carbonyl (C=O) groups is 2. The lowest BCUT2D eigenvalue weighted by Gasteiger charge is -2.31. The molecule has 1 N–H and O–H groups in total. The van der Waals surface area contributed by atoms with Gasteiger partial charge in [0, 0.05) is 23.1 Å². The van der Waals surface area contributed by atoms with Crippen molar-refractivity contribution >= 4 is 34.6 Å². The highest BCUT2D eigenvalue weighted by atomic mass is 127. The van der Waals surface area contributed by atoms with Crippen molar-refractivity contribution in [3.05, 3.63) is 33.4 Å². The van der Waals surface area contributed by atoms with Gasteiger partial charge < -0.3 is 15.0 Å². The van der Waals surface area contributed by atoms with Crippen LogP contribution in [0.2, 0.25) is 0 Å². The fourth-order valence-electron chi connectivity index (χ4n) is 2.84. The summed E-state index contributed by atoms with van der Waals surface area (Å²) >= 11 is 2.25. The summed E-state index contributed by atoms with van der Waals surface area (Å²) in [5.74, 6) is -0.0240. The van der Waals surface area contributed by atoms with E-state index in [-0.39, 0.29) is 5.91 Å². The fraction of sp³-hybridized carbons (Fsp3) is 0.579. The summed E-state index contributed by atoms with van der Waals surface area (Å²) in [6.07, 6.45) is 3.12. The van der Waals surface area contributed by atoms with Crippen molar-refractivity contribution in [1.82, 2.24) is 10.2 Å². The third kappa shape index (κ3) is 6.84. The molecule has 0 unspecified atom stereocenters. The molecule has 0 bridgehead atoms. The lowest BCUT2D eigenvalue weighted by atomic mass is 10.0. The number of hydrogen-bond acceptors (Lipinski definition) is 3. The van der Waals surface area contributed by atoms with Gasteiger partial charge in [0.1, 0.15) is 11.6 Å². The maximum Gasteiger partial charge on any atom is 0.408 e. The van der Waals surface area contributed by atoms with E-state index >= 15 is 0 Å². The van der Waals surface area contributed by atoms with E-state index in [1.807, 2.05) is 49.9 Å². The summed E-state index contributed by atoms with van der Waals surface area (Å²) in [7, 11) is 0. The van der Waals surface area contributed by atoms with Crippen LogP contribution in [-0.4, -0.2) is 41.6 Å². The predicted molar refractivity (Wildman–Crippen MR) is 106 cm³/mol. The lowest BCUT2D eigenvalue weighted by Crippen LogP contribution is -2.51. The van der Waals surface area contributed by atoms with Crippen LogP contribution in [0.1, 0.15) is 45.6 Å². The number of nitrogens with zero attached hydrogens (tertiary/aromatic N) is 1. The highest BCUT2D eigenvalue weighted by Crippen LogP contribution is 2.15. The van der Waals surface area contributed by atoms with Gasteiger partial charge in [0.15, 0.2) is 0 Å². The van der Waals surface area contributed by atoms with E-state index in [0.29, 0.717) is 6.42 Å². The van der Waals surface area contributed by atoms with Crippen LogP contribution in [-0.2, 0) is 16.0 Å². The molecule has 1 atom stereocenters. The van der Waals surface area contributed by atoms with E-state index in [0.717, 1.165) is 41.5 Å². The highest BCUT2D eigenvalue weighted by molar-refractivity contribution is 14.1. The van der Waals surface area contributed by atoms with Crippen molar-refractivity contribution in [2.45, 2.75) is 58.1 Å². The Labute approximate surface area is 163 Å². The number of likely N-dealkylation sites (tertiary alicyclic amines) is 1. The zero-order valence-corrected chi connectivity index (χ0v) is 17.3. The molecule has 1 aliphatic heterocycles. The zero-order valence-electron chi connectivity index (χ0n) is 15.2. The second-order valence-electron chi connectivity index (χ2n) is 7.42. The molecule has 0 aromatic heterocycles. The molecule has 1 saturated heterocycles. The van der Waals surface area contributed by atoms with Gasteiger partial charge >= 0.3 is 6.09 Å². The Balaban J connectivity index is 2.10. The summed E-state index contributed by atoms with van der Waals surface area (Å²) in [5, 5.41) is 2.78. The Kier molecular flexibility index (Phi) is 7.10. The van der Waals surface area contributed by atoms with E-state index in [4.69, 9.17) is 4.74 Å². The first-order valence-corrected chi connectivity index (χ1v) is 9.85. The zero-order chi connectivity index (χ0) is 18.4. The molecule has 0 spiro atoms. The average Bonchev–Trinajstić information content (AvgIpc) is 2.54. The van der Waals surface area contributed by atoms with Gasteiger partial charge in [-0.15, -0.1) is 0 Å². The topological polar surface area (TPSA) is 58.6 Å². The normalized spacial score (nSPS) is 16.2. The molecule has 5 nitrogen and oxygen atoms in total. The van der Waals surface area contributed by atoms with E-state index in [9.17, 15) is 9.59 Å². The maximum absolute atomic E-state index is 12.9. The van der Waals surface area contributed by atoms with Gasteiger partial charge in [0.2, 0.25) is 5.91 Å². The molecule has 2 rings (SSSR count). The largest absolute Gasteiger partial charge is 0.444 e. The SMILES string of the molecule is CC(C)(C)OC(=O)N[C@@H](Cc1ccc(I)cc1)C(=O)N1CCCCC1. The van der Waals surface area contributed by atoms with Crippen molar-refractivity contribution in [3.63, 3.8) is 0 Å². The van der Waals surface area contributed by atoms with Crippen molar-refractivity contribution < 1.29 is 14.3 Å². The number of ether oxygens (including phenoxy) is 1. The first kappa shape index (κ1) is 20.0. The molecule has 1 fully saturated rings. The van der Waals surface area contributed by atoms with Gasteiger partial charge in [0.05, 0.1) is 0 Å². The van der Waals surface area contributed by atoms with Crippen molar-refractivity contribution in [2.24, 2.45) is 0 Å². The Morgan fingerprint density at radius 3 is 2.32 bits per heavy atom. The Bertz CT molecular complexity index is 590. The number of halogens is 1. The number of hydrogen-bond donors (Lipinski definition) is 1. The molecule has 0 radical (unpaired) electrons. The number of rotatable bonds is 4. The van der Waals surface area contributed by atoms with Crippen LogP contribution in [0.25, 0.3) is 0 Å². The second-order valence-corrected chi connectivity index (χ2v) is 8.66. The Hall–Kier alpha value is -1.31. The van der Waals surface area contributed by atoms with Crippen molar-refractivity contribution in [3.8, 4) is 0 Å². The standard InChI is InChI=1S/C19H27IN2O3/c1-19(2,3)25-18(24)21-16(13-14-7-9-15(20)10-8-14)17(23)22-11-5-4-6-12-22/h7-10,16H,4-6,11-13H2,1-3H3,(H,21,24)/t16-/m0/s1. The number of piperidine rings is 1.